The monoisotopic (exact) mass is 294 g/mol. The number of carbonyl (C=O) groups is 1. The highest BCUT2D eigenvalue weighted by atomic mass is 79.9. The highest BCUT2D eigenvalue weighted by Gasteiger charge is 2.18. The minimum absolute atomic E-state index is 0.0175. The van der Waals surface area contributed by atoms with Gasteiger partial charge in [0.15, 0.2) is 0 Å². The van der Waals surface area contributed by atoms with Crippen molar-refractivity contribution in [3.8, 4) is 0 Å². The third-order valence-corrected chi connectivity index (χ3v) is 2.77. The van der Waals surface area contributed by atoms with Gasteiger partial charge in [0.05, 0.1) is 23.7 Å². The van der Waals surface area contributed by atoms with E-state index in [4.69, 9.17) is 5.73 Å². The lowest BCUT2D eigenvalue weighted by Crippen LogP contribution is -2.09. The zero-order valence-electron chi connectivity index (χ0n) is 8.34. The van der Waals surface area contributed by atoms with Gasteiger partial charge in [0.1, 0.15) is 5.69 Å². The second-order valence-electron chi connectivity index (χ2n) is 2.95. The third-order valence-electron chi connectivity index (χ3n) is 1.94. The normalized spacial score (nSPS) is 10.6. The number of alkyl halides is 2. The molecule has 16 heavy (non-hydrogen) atoms. The molecule has 1 rings (SSSR count). The Labute approximate surface area is 98.9 Å². The van der Waals surface area contributed by atoms with Crippen molar-refractivity contribution in [1.29, 1.82) is 0 Å². The molecule has 2 N–H and O–H groups in total. The zero-order valence-corrected chi connectivity index (χ0v) is 9.92. The first-order chi connectivity index (χ1) is 7.47. The molecule has 0 aromatic carbocycles. The second-order valence-corrected chi connectivity index (χ2v) is 3.74. The largest absolute Gasteiger partial charge is 0.469 e. The number of methoxy groups -OCH3 is 1. The molecule has 1 aromatic rings. The number of ether oxygens (including phenoxy) is 1. The molecule has 0 atom stereocenters. The van der Waals surface area contributed by atoms with Gasteiger partial charge in [0.2, 0.25) is 0 Å². The number of rotatable bonds is 3. The molecule has 0 unspecified atom stereocenters. The summed E-state index contributed by atoms with van der Waals surface area (Å²) in [5.41, 5.74) is 5.59. The van der Waals surface area contributed by atoms with Crippen molar-refractivity contribution in [3.63, 3.8) is 0 Å². The van der Waals surface area contributed by atoms with Crippen molar-refractivity contribution in [2.75, 3.05) is 12.8 Å². The molecule has 1 heterocycles. The Morgan fingerprint density at radius 1 is 1.69 bits per heavy atom. The number of aromatic nitrogens is 1. The van der Waals surface area contributed by atoms with Crippen LogP contribution in [0.4, 0.5) is 14.5 Å². The molecular weight excluding hydrogens is 286 g/mol. The number of halogens is 3. The summed E-state index contributed by atoms with van der Waals surface area (Å²) in [5, 5.41) is 0. The molecule has 0 radical (unpaired) electrons. The summed E-state index contributed by atoms with van der Waals surface area (Å²) in [6.45, 7) is 0. The fourth-order valence-electron chi connectivity index (χ4n) is 1.07. The zero-order chi connectivity index (χ0) is 12.3. The molecule has 0 aliphatic carbocycles. The van der Waals surface area contributed by atoms with Crippen LogP contribution in [0.5, 0.6) is 0 Å². The number of nitrogens with two attached hydrogens (primary N) is 1. The summed E-state index contributed by atoms with van der Waals surface area (Å²) in [4.78, 5) is 14.5. The summed E-state index contributed by atoms with van der Waals surface area (Å²) < 4.78 is 29.3. The van der Waals surface area contributed by atoms with Gasteiger partial charge in [-0.2, -0.15) is 0 Å². The van der Waals surface area contributed by atoms with Crippen molar-refractivity contribution >= 4 is 27.6 Å². The molecule has 0 fully saturated rings. The molecule has 0 amide bonds. The lowest BCUT2D eigenvalue weighted by atomic mass is 10.1. The van der Waals surface area contributed by atoms with Gasteiger partial charge in [-0.15, -0.1) is 0 Å². The molecule has 0 saturated heterocycles. The Bertz CT molecular complexity index is 413. The fraction of sp³-hybridized carbons (Fsp3) is 0.333. The van der Waals surface area contributed by atoms with Crippen molar-refractivity contribution < 1.29 is 18.3 Å². The molecule has 0 aliphatic heterocycles. The third kappa shape index (κ3) is 2.66. The molecule has 4 nitrogen and oxygen atoms in total. The number of hydrogen-bond donors (Lipinski definition) is 1. The van der Waals surface area contributed by atoms with Crippen LogP contribution in [-0.2, 0) is 16.0 Å². The molecule has 0 bridgehead atoms. The minimum Gasteiger partial charge on any atom is -0.469 e. The maximum Gasteiger partial charge on any atom is 0.310 e. The summed E-state index contributed by atoms with van der Waals surface area (Å²) in [6.07, 6.45) is -1.67. The van der Waals surface area contributed by atoms with Gasteiger partial charge in [-0.25, -0.2) is 8.78 Å². The van der Waals surface area contributed by atoms with Crippen molar-refractivity contribution in [2.24, 2.45) is 0 Å². The van der Waals surface area contributed by atoms with Gasteiger partial charge in [-0.3, -0.25) is 9.78 Å². The number of hydrogen-bond acceptors (Lipinski definition) is 4. The van der Waals surface area contributed by atoms with E-state index in [-0.39, 0.29) is 16.6 Å². The number of nitrogens with zero attached hydrogens (tertiary/aromatic N) is 1. The molecule has 7 heteroatoms. The number of esters is 1. The highest BCUT2D eigenvalue weighted by Crippen LogP contribution is 2.32. The number of anilines is 1. The van der Waals surface area contributed by atoms with Crippen LogP contribution in [0.1, 0.15) is 17.7 Å². The summed E-state index contributed by atoms with van der Waals surface area (Å²) in [7, 11) is 1.23. The van der Waals surface area contributed by atoms with Crippen LogP contribution >= 0.6 is 15.9 Å². The Morgan fingerprint density at radius 3 is 2.81 bits per heavy atom. The van der Waals surface area contributed by atoms with Crippen LogP contribution in [0, 0.1) is 0 Å². The van der Waals surface area contributed by atoms with E-state index in [2.05, 4.69) is 25.7 Å². The van der Waals surface area contributed by atoms with Gasteiger partial charge in [-0.05, 0) is 15.9 Å². The van der Waals surface area contributed by atoms with E-state index in [1.165, 1.54) is 7.11 Å². The van der Waals surface area contributed by atoms with E-state index in [9.17, 15) is 13.6 Å². The SMILES string of the molecule is COC(=O)Cc1cnc(C(F)F)c(Br)c1N. The molecule has 88 valence electrons. The topological polar surface area (TPSA) is 65.2 Å². The quantitative estimate of drug-likeness (QED) is 0.867. The molecule has 0 spiro atoms. The predicted molar refractivity (Wildman–Crippen MR) is 57.0 cm³/mol. The number of carbonyl (C=O) groups excluding carboxylic acids is 1. The van der Waals surface area contributed by atoms with Crippen LogP contribution in [0.3, 0.4) is 0 Å². The van der Waals surface area contributed by atoms with Gasteiger partial charge in [0.25, 0.3) is 6.43 Å². The van der Waals surface area contributed by atoms with Crippen LogP contribution in [0.25, 0.3) is 0 Å². The van der Waals surface area contributed by atoms with E-state index >= 15 is 0 Å². The van der Waals surface area contributed by atoms with Crippen LogP contribution in [-0.4, -0.2) is 18.1 Å². The summed E-state index contributed by atoms with van der Waals surface area (Å²) in [6, 6.07) is 0. The minimum atomic E-state index is -2.72. The van der Waals surface area contributed by atoms with E-state index in [0.29, 0.717) is 5.56 Å². The molecule has 1 aromatic heterocycles. The Hall–Kier alpha value is -1.24. The molecule has 0 aliphatic rings. The van der Waals surface area contributed by atoms with Crippen LogP contribution in [0.2, 0.25) is 0 Å². The van der Waals surface area contributed by atoms with Gasteiger partial charge in [0, 0.05) is 11.8 Å². The lowest BCUT2D eigenvalue weighted by Gasteiger charge is -2.09. The smallest absolute Gasteiger partial charge is 0.310 e. The highest BCUT2D eigenvalue weighted by molar-refractivity contribution is 9.10. The fourth-order valence-corrected chi connectivity index (χ4v) is 1.60. The summed E-state index contributed by atoms with van der Waals surface area (Å²) in [5.74, 6) is -0.509. The Morgan fingerprint density at radius 2 is 2.31 bits per heavy atom. The van der Waals surface area contributed by atoms with Crippen molar-refractivity contribution in [3.05, 3.63) is 21.9 Å². The predicted octanol–water partition coefficient (Wildman–Crippen LogP) is 2.08. The molecular formula is C9H9BrF2N2O2. The number of nitrogen functional groups attached to an aromatic ring is 1. The van der Waals surface area contributed by atoms with Crippen molar-refractivity contribution in [2.45, 2.75) is 12.8 Å². The Balaban J connectivity index is 3.07. The van der Waals surface area contributed by atoms with E-state index in [0.717, 1.165) is 6.20 Å². The maximum absolute atomic E-state index is 12.4. The lowest BCUT2D eigenvalue weighted by molar-refractivity contribution is -0.139. The average molecular weight is 295 g/mol. The van der Waals surface area contributed by atoms with Crippen LogP contribution < -0.4 is 5.73 Å². The van der Waals surface area contributed by atoms with E-state index < -0.39 is 18.1 Å². The standard InChI is InChI=1S/C9H9BrF2N2O2/c1-16-5(15)2-4-3-14-8(9(11)12)6(10)7(4)13/h3,9H,2H2,1H3,(H2,13,14). The second kappa shape index (κ2) is 5.20. The van der Waals surface area contributed by atoms with Crippen molar-refractivity contribution in [1.82, 2.24) is 4.98 Å². The first kappa shape index (κ1) is 12.8. The molecule has 0 saturated carbocycles. The average Bonchev–Trinajstić information content (AvgIpc) is 2.24. The van der Waals surface area contributed by atoms with Gasteiger partial charge >= 0.3 is 5.97 Å². The number of pyridine rings is 1. The van der Waals surface area contributed by atoms with Gasteiger partial charge < -0.3 is 10.5 Å². The first-order valence-corrected chi connectivity index (χ1v) is 5.04. The van der Waals surface area contributed by atoms with Crippen LogP contribution in [0.15, 0.2) is 10.7 Å². The summed E-state index contributed by atoms with van der Waals surface area (Å²) >= 11 is 2.92. The maximum atomic E-state index is 12.4. The van der Waals surface area contributed by atoms with E-state index in [1.807, 2.05) is 0 Å². The van der Waals surface area contributed by atoms with E-state index in [1.54, 1.807) is 0 Å². The first-order valence-electron chi connectivity index (χ1n) is 4.25. The Kier molecular flexibility index (Phi) is 4.17. The van der Waals surface area contributed by atoms with Gasteiger partial charge in [-0.1, -0.05) is 0 Å².